The summed E-state index contributed by atoms with van der Waals surface area (Å²) in [6.45, 7) is 6.59. The molecule has 0 atom stereocenters. The predicted octanol–water partition coefficient (Wildman–Crippen LogP) is 3.17. The number of aromatic nitrogens is 1. The zero-order chi connectivity index (χ0) is 16.1. The van der Waals surface area contributed by atoms with E-state index in [1.807, 2.05) is 39.1 Å². The first kappa shape index (κ1) is 16.3. The first-order valence-corrected chi connectivity index (χ1v) is 7.96. The first-order chi connectivity index (χ1) is 10.5. The second kappa shape index (κ2) is 7.26. The monoisotopic (exact) mass is 319 g/mol. The van der Waals surface area contributed by atoms with Gasteiger partial charge in [0.1, 0.15) is 5.75 Å². The molecule has 0 unspecified atom stereocenters. The molecule has 0 fully saturated rings. The van der Waals surface area contributed by atoms with Gasteiger partial charge in [-0.05, 0) is 56.9 Å². The second-order valence-corrected chi connectivity index (χ2v) is 6.54. The van der Waals surface area contributed by atoms with Crippen molar-refractivity contribution in [2.45, 2.75) is 33.6 Å². The van der Waals surface area contributed by atoms with Gasteiger partial charge in [0.15, 0.2) is 5.84 Å². The standard InChI is InChI=1S/C16H21N3O2S/c1-10-7-13(16(17)19-20)8-11(2)15(10)21-6-4-5-14-9-18-12(3)22-14/h7-9,20H,4-6H2,1-3H3,(H2,17,19). The van der Waals surface area contributed by atoms with E-state index in [0.717, 1.165) is 34.7 Å². The Morgan fingerprint density at radius 1 is 1.32 bits per heavy atom. The summed E-state index contributed by atoms with van der Waals surface area (Å²) in [6.07, 6.45) is 3.86. The number of thiazole rings is 1. The maximum Gasteiger partial charge on any atom is 0.170 e. The molecule has 0 aliphatic heterocycles. The molecule has 6 heteroatoms. The van der Waals surface area contributed by atoms with Gasteiger partial charge in [-0.25, -0.2) is 4.98 Å². The fourth-order valence-electron chi connectivity index (χ4n) is 2.33. The average molecular weight is 319 g/mol. The van der Waals surface area contributed by atoms with Crippen LogP contribution in [-0.4, -0.2) is 22.6 Å². The van der Waals surface area contributed by atoms with E-state index < -0.39 is 0 Å². The topological polar surface area (TPSA) is 80.7 Å². The average Bonchev–Trinajstić information content (AvgIpc) is 2.90. The summed E-state index contributed by atoms with van der Waals surface area (Å²) in [7, 11) is 0. The number of nitrogens with zero attached hydrogens (tertiary/aromatic N) is 2. The number of amidine groups is 1. The molecule has 0 bridgehead atoms. The minimum atomic E-state index is 0.110. The van der Waals surface area contributed by atoms with Gasteiger partial charge in [0.05, 0.1) is 11.6 Å². The summed E-state index contributed by atoms with van der Waals surface area (Å²) >= 11 is 1.73. The normalized spacial score (nSPS) is 11.7. The summed E-state index contributed by atoms with van der Waals surface area (Å²) < 4.78 is 5.91. The van der Waals surface area contributed by atoms with Gasteiger partial charge in [-0.3, -0.25) is 0 Å². The molecule has 0 saturated carbocycles. The minimum absolute atomic E-state index is 0.110. The van der Waals surface area contributed by atoms with Gasteiger partial charge in [-0.1, -0.05) is 5.16 Å². The number of rotatable bonds is 6. The van der Waals surface area contributed by atoms with Crippen LogP contribution in [0.1, 0.15) is 33.0 Å². The number of hydrogen-bond donors (Lipinski definition) is 2. The smallest absolute Gasteiger partial charge is 0.170 e. The van der Waals surface area contributed by atoms with Crippen LogP contribution in [0.5, 0.6) is 5.75 Å². The Bertz CT molecular complexity index is 657. The lowest BCUT2D eigenvalue weighted by atomic mass is 10.1. The molecular formula is C16H21N3O2S. The van der Waals surface area contributed by atoms with Crippen molar-refractivity contribution in [3.8, 4) is 5.75 Å². The Balaban J connectivity index is 1.95. The van der Waals surface area contributed by atoms with E-state index in [2.05, 4.69) is 10.1 Å². The highest BCUT2D eigenvalue weighted by molar-refractivity contribution is 7.11. The van der Waals surface area contributed by atoms with Crippen molar-refractivity contribution in [1.82, 2.24) is 4.98 Å². The lowest BCUT2D eigenvalue weighted by Gasteiger charge is -2.13. The summed E-state index contributed by atoms with van der Waals surface area (Å²) in [5, 5.41) is 12.9. The number of oxime groups is 1. The van der Waals surface area contributed by atoms with Crippen LogP contribution < -0.4 is 10.5 Å². The molecule has 118 valence electrons. The quantitative estimate of drug-likeness (QED) is 0.282. The van der Waals surface area contributed by atoms with Gasteiger partial charge in [0.25, 0.3) is 0 Å². The van der Waals surface area contributed by atoms with Crippen molar-refractivity contribution >= 4 is 17.2 Å². The highest BCUT2D eigenvalue weighted by atomic mass is 32.1. The van der Waals surface area contributed by atoms with Crippen LogP contribution >= 0.6 is 11.3 Å². The molecule has 5 nitrogen and oxygen atoms in total. The third kappa shape index (κ3) is 3.98. The summed E-state index contributed by atoms with van der Waals surface area (Å²) in [6, 6.07) is 3.73. The van der Waals surface area contributed by atoms with Crippen LogP contribution in [0, 0.1) is 20.8 Å². The lowest BCUT2D eigenvalue weighted by molar-refractivity contribution is 0.307. The molecule has 1 heterocycles. The number of benzene rings is 1. The van der Waals surface area contributed by atoms with E-state index in [-0.39, 0.29) is 5.84 Å². The molecular weight excluding hydrogens is 298 g/mol. The van der Waals surface area contributed by atoms with Crippen molar-refractivity contribution in [1.29, 1.82) is 0 Å². The predicted molar refractivity (Wildman–Crippen MR) is 89.1 cm³/mol. The fourth-order valence-corrected chi connectivity index (χ4v) is 3.16. The van der Waals surface area contributed by atoms with Crippen LogP contribution in [0.15, 0.2) is 23.5 Å². The van der Waals surface area contributed by atoms with E-state index in [9.17, 15) is 0 Å². The largest absolute Gasteiger partial charge is 0.493 e. The van der Waals surface area contributed by atoms with E-state index in [0.29, 0.717) is 12.2 Å². The fraction of sp³-hybridized carbons (Fsp3) is 0.375. The van der Waals surface area contributed by atoms with Gasteiger partial charge in [-0.15, -0.1) is 11.3 Å². The summed E-state index contributed by atoms with van der Waals surface area (Å²) in [5.74, 6) is 0.980. The summed E-state index contributed by atoms with van der Waals surface area (Å²) in [5.41, 5.74) is 8.29. The van der Waals surface area contributed by atoms with Crippen LogP contribution in [0.3, 0.4) is 0 Å². The van der Waals surface area contributed by atoms with Gasteiger partial charge >= 0.3 is 0 Å². The van der Waals surface area contributed by atoms with Gasteiger partial charge in [0, 0.05) is 16.6 Å². The third-order valence-corrected chi connectivity index (χ3v) is 4.32. The van der Waals surface area contributed by atoms with Gasteiger partial charge < -0.3 is 15.7 Å². The molecule has 0 aliphatic rings. The van der Waals surface area contributed by atoms with Crippen molar-refractivity contribution in [2.75, 3.05) is 6.61 Å². The Hall–Kier alpha value is -2.08. The molecule has 0 aliphatic carbocycles. The zero-order valence-electron chi connectivity index (χ0n) is 13.1. The molecule has 2 aromatic rings. The Kier molecular flexibility index (Phi) is 5.38. The van der Waals surface area contributed by atoms with Crippen LogP contribution in [0.2, 0.25) is 0 Å². The second-order valence-electron chi connectivity index (χ2n) is 5.22. The first-order valence-electron chi connectivity index (χ1n) is 7.14. The highest BCUT2D eigenvalue weighted by Crippen LogP contribution is 2.25. The molecule has 0 amide bonds. The van der Waals surface area contributed by atoms with Crippen molar-refractivity contribution < 1.29 is 9.94 Å². The van der Waals surface area contributed by atoms with Gasteiger partial charge in [-0.2, -0.15) is 0 Å². The molecule has 0 spiro atoms. The number of nitrogens with two attached hydrogens (primary N) is 1. The van der Waals surface area contributed by atoms with Crippen LogP contribution in [-0.2, 0) is 6.42 Å². The lowest BCUT2D eigenvalue weighted by Crippen LogP contribution is -2.14. The van der Waals surface area contributed by atoms with E-state index in [1.165, 1.54) is 4.88 Å². The third-order valence-electron chi connectivity index (χ3n) is 3.35. The van der Waals surface area contributed by atoms with Crippen molar-refractivity contribution in [3.63, 3.8) is 0 Å². The molecule has 0 saturated heterocycles. The molecule has 1 aromatic heterocycles. The SMILES string of the molecule is Cc1ncc(CCCOc2c(C)cc(C(N)=NO)cc2C)s1. The maximum atomic E-state index is 8.75. The number of hydrogen-bond acceptors (Lipinski definition) is 5. The van der Waals surface area contributed by atoms with Crippen molar-refractivity contribution in [2.24, 2.45) is 10.9 Å². The summed E-state index contributed by atoms with van der Waals surface area (Å²) in [4.78, 5) is 5.54. The molecule has 22 heavy (non-hydrogen) atoms. The van der Waals surface area contributed by atoms with Crippen LogP contribution in [0.4, 0.5) is 0 Å². The number of ether oxygens (including phenoxy) is 1. The van der Waals surface area contributed by atoms with Crippen molar-refractivity contribution in [3.05, 3.63) is 44.9 Å². The molecule has 0 radical (unpaired) electrons. The maximum absolute atomic E-state index is 8.75. The molecule has 1 aromatic carbocycles. The van der Waals surface area contributed by atoms with E-state index in [1.54, 1.807) is 11.3 Å². The minimum Gasteiger partial charge on any atom is -0.493 e. The number of aryl methyl sites for hydroxylation is 4. The van der Waals surface area contributed by atoms with E-state index in [4.69, 9.17) is 15.7 Å². The Morgan fingerprint density at radius 3 is 2.55 bits per heavy atom. The van der Waals surface area contributed by atoms with E-state index >= 15 is 0 Å². The molecule has 3 N–H and O–H groups in total. The Labute approximate surface area is 134 Å². The highest BCUT2D eigenvalue weighted by Gasteiger charge is 2.09. The Morgan fingerprint density at radius 2 is 2.00 bits per heavy atom. The van der Waals surface area contributed by atoms with Crippen LogP contribution in [0.25, 0.3) is 0 Å². The molecule has 2 rings (SSSR count). The van der Waals surface area contributed by atoms with Gasteiger partial charge in [0.2, 0.25) is 0 Å². The zero-order valence-corrected chi connectivity index (χ0v) is 13.9.